The zero-order chi connectivity index (χ0) is 18.0. The third kappa shape index (κ3) is 5.30. The highest BCUT2D eigenvalue weighted by atomic mass is 32.2. The number of aliphatic carboxylic acids is 1. The number of carboxylic acid groups (broad SMARTS) is 1. The van der Waals surface area contributed by atoms with Crippen LogP contribution in [0.3, 0.4) is 0 Å². The smallest absolute Gasteiger partial charge is 0.475 e. The first-order valence-electron chi connectivity index (χ1n) is 7.70. The number of carboxylic acids is 1. The van der Waals surface area contributed by atoms with Gasteiger partial charge in [-0.3, -0.25) is 0 Å². The molecular formula is C13H21F3N2O5S. The second kappa shape index (κ2) is 7.14. The summed E-state index contributed by atoms with van der Waals surface area (Å²) < 4.78 is 64.3. The lowest BCUT2D eigenvalue weighted by molar-refractivity contribution is -0.192. The Kier molecular flexibility index (Phi) is 5.78. The molecule has 0 aromatic rings. The third-order valence-corrected chi connectivity index (χ3v) is 6.25. The van der Waals surface area contributed by atoms with Gasteiger partial charge in [0.05, 0.1) is 10.9 Å². The van der Waals surface area contributed by atoms with Crippen molar-refractivity contribution in [3.05, 3.63) is 0 Å². The van der Waals surface area contributed by atoms with Gasteiger partial charge >= 0.3 is 12.1 Å². The molecule has 140 valence electrons. The minimum Gasteiger partial charge on any atom is -0.475 e. The molecule has 2 heterocycles. The van der Waals surface area contributed by atoms with Crippen molar-refractivity contribution in [3.63, 3.8) is 0 Å². The van der Waals surface area contributed by atoms with Crippen LogP contribution in [0.15, 0.2) is 0 Å². The largest absolute Gasteiger partial charge is 0.490 e. The van der Waals surface area contributed by atoms with Gasteiger partial charge in [0, 0.05) is 19.2 Å². The van der Waals surface area contributed by atoms with E-state index < -0.39 is 22.2 Å². The zero-order valence-electron chi connectivity index (χ0n) is 12.9. The van der Waals surface area contributed by atoms with E-state index in [2.05, 4.69) is 10.0 Å². The first-order chi connectivity index (χ1) is 11.0. The molecule has 0 amide bonds. The molecule has 3 rings (SSSR count). The normalized spacial score (nSPS) is 30.7. The minimum atomic E-state index is -5.08. The van der Waals surface area contributed by atoms with Crippen molar-refractivity contribution in [3.8, 4) is 0 Å². The summed E-state index contributed by atoms with van der Waals surface area (Å²) in [5, 5.41) is 10.3. The molecule has 11 heteroatoms. The van der Waals surface area contributed by atoms with Gasteiger partial charge in [-0.25, -0.2) is 17.9 Å². The first-order valence-corrected chi connectivity index (χ1v) is 9.25. The molecule has 2 atom stereocenters. The van der Waals surface area contributed by atoms with Crippen LogP contribution in [0.1, 0.15) is 32.1 Å². The van der Waals surface area contributed by atoms with E-state index in [1.807, 2.05) is 0 Å². The zero-order valence-corrected chi connectivity index (χ0v) is 13.8. The van der Waals surface area contributed by atoms with Crippen molar-refractivity contribution in [2.75, 3.05) is 19.7 Å². The van der Waals surface area contributed by atoms with Gasteiger partial charge in [-0.2, -0.15) is 13.2 Å². The van der Waals surface area contributed by atoms with Gasteiger partial charge in [0.2, 0.25) is 10.0 Å². The lowest BCUT2D eigenvalue weighted by atomic mass is 9.90. The summed E-state index contributed by atoms with van der Waals surface area (Å²) in [6.45, 7) is 2.50. The molecule has 0 unspecified atom stereocenters. The van der Waals surface area contributed by atoms with E-state index in [1.54, 1.807) is 0 Å². The Bertz CT molecular complexity index is 556. The highest BCUT2D eigenvalue weighted by Gasteiger charge is 2.43. The summed E-state index contributed by atoms with van der Waals surface area (Å²) in [5.74, 6) is -2.76. The van der Waals surface area contributed by atoms with Crippen molar-refractivity contribution < 1.29 is 36.2 Å². The Hall–Kier alpha value is -0.910. The Morgan fingerprint density at radius 3 is 2.38 bits per heavy atom. The summed E-state index contributed by atoms with van der Waals surface area (Å²) in [6.07, 6.45) is -0.829. The van der Waals surface area contributed by atoms with Crippen molar-refractivity contribution in [2.24, 2.45) is 0 Å². The number of hydrogen-bond donors (Lipinski definition) is 3. The maximum Gasteiger partial charge on any atom is 0.490 e. The molecule has 24 heavy (non-hydrogen) atoms. The fourth-order valence-corrected chi connectivity index (χ4v) is 4.47. The number of carbonyl (C=O) groups is 1. The summed E-state index contributed by atoms with van der Waals surface area (Å²) >= 11 is 0. The summed E-state index contributed by atoms with van der Waals surface area (Å²) in [6, 6.07) is 0.0641. The second-order valence-electron chi connectivity index (χ2n) is 6.31. The van der Waals surface area contributed by atoms with Crippen LogP contribution in [0.2, 0.25) is 0 Å². The number of alkyl halides is 3. The molecule has 3 fully saturated rings. The fourth-order valence-electron chi connectivity index (χ4n) is 2.85. The quantitative estimate of drug-likeness (QED) is 0.669. The van der Waals surface area contributed by atoms with Crippen LogP contribution in [0.25, 0.3) is 0 Å². The molecule has 1 aliphatic carbocycles. The Morgan fingerprint density at radius 1 is 1.29 bits per heavy atom. The SMILES string of the molecule is O=C(O)C(F)(F)F.O=S(=O)(N[C@H]1CCO[C@]2(CCNC2)C1)C1CC1. The van der Waals surface area contributed by atoms with E-state index in [-0.39, 0.29) is 16.9 Å². The number of rotatable bonds is 3. The van der Waals surface area contributed by atoms with Gasteiger partial charge in [0.25, 0.3) is 0 Å². The molecular weight excluding hydrogens is 353 g/mol. The molecule has 0 bridgehead atoms. The van der Waals surface area contributed by atoms with Gasteiger partial charge in [0.1, 0.15) is 0 Å². The maximum absolute atomic E-state index is 11.9. The molecule has 0 aromatic carbocycles. The van der Waals surface area contributed by atoms with Crippen LogP contribution < -0.4 is 10.0 Å². The van der Waals surface area contributed by atoms with Crippen molar-refractivity contribution in [1.29, 1.82) is 0 Å². The summed E-state index contributed by atoms with van der Waals surface area (Å²) in [5.41, 5.74) is -0.116. The fraction of sp³-hybridized carbons (Fsp3) is 0.923. The maximum atomic E-state index is 11.9. The van der Waals surface area contributed by atoms with E-state index >= 15 is 0 Å². The standard InChI is InChI=1S/C11H20N2O3S.C2HF3O2/c14-17(15,10-1-2-10)13-9-3-6-16-11(7-9)4-5-12-8-11;3-2(4,5)1(6)7/h9-10,12-13H,1-8H2;(H,6,7)/t9-,11+;/m0./s1. The summed E-state index contributed by atoms with van der Waals surface area (Å²) in [4.78, 5) is 8.90. The van der Waals surface area contributed by atoms with Crippen LogP contribution in [0, 0.1) is 0 Å². The van der Waals surface area contributed by atoms with E-state index in [1.165, 1.54) is 0 Å². The summed E-state index contributed by atoms with van der Waals surface area (Å²) in [7, 11) is -3.06. The highest BCUT2D eigenvalue weighted by Crippen LogP contribution is 2.33. The topological polar surface area (TPSA) is 105 Å². The van der Waals surface area contributed by atoms with Crippen LogP contribution in [0.4, 0.5) is 13.2 Å². The van der Waals surface area contributed by atoms with Gasteiger partial charge in [-0.05, 0) is 38.6 Å². The van der Waals surface area contributed by atoms with Crippen molar-refractivity contribution >= 4 is 16.0 Å². The number of nitrogens with one attached hydrogen (secondary N) is 2. The second-order valence-corrected chi connectivity index (χ2v) is 8.31. The first kappa shape index (κ1) is 19.4. The van der Waals surface area contributed by atoms with Gasteiger partial charge in [-0.15, -0.1) is 0 Å². The molecule has 7 nitrogen and oxygen atoms in total. The Labute approximate surface area is 138 Å². The number of hydrogen-bond acceptors (Lipinski definition) is 5. The molecule has 0 aromatic heterocycles. The molecule has 3 aliphatic rings. The molecule has 0 radical (unpaired) electrons. The predicted molar refractivity (Wildman–Crippen MR) is 78.0 cm³/mol. The average Bonchev–Trinajstić information content (AvgIpc) is 3.23. The molecule has 2 saturated heterocycles. The van der Waals surface area contributed by atoms with Crippen molar-refractivity contribution in [1.82, 2.24) is 10.0 Å². The van der Waals surface area contributed by atoms with Gasteiger partial charge in [-0.1, -0.05) is 0 Å². The predicted octanol–water partition coefficient (Wildman–Crippen LogP) is 0.613. The Balaban J connectivity index is 0.000000256. The number of ether oxygens (including phenoxy) is 1. The lowest BCUT2D eigenvalue weighted by Gasteiger charge is -2.37. The molecule has 2 aliphatic heterocycles. The third-order valence-electron chi connectivity index (χ3n) is 4.23. The van der Waals surface area contributed by atoms with Crippen LogP contribution >= 0.6 is 0 Å². The average molecular weight is 374 g/mol. The molecule has 1 spiro atoms. The highest BCUT2D eigenvalue weighted by molar-refractivity contribution is 7.90. The van der Waals surface area contributed by atoms with E-state index in [0.29, 0.717) is 6.61 Å². The van der Waals surface area contributed by atoms with Gasteiger partial charge in [0.15, 0.2) is 0 Å². The minimum absolute atomic E-state index is 0.0641. The van der Waals surface area contributed by atoms with E-state index in [0.717, 1.165) is 45.2 Å². The number of sulfonamides is 1. The molecule has 1 saturated carbocycles. The monoisotopic (exact) mass is 374 g/mol. The molecule has 3 N–H and O–H groups in total. The van der Waals surface area contributed by atoms with Crippen LogP contribution in [0.5, 0.6) is 0 Å². The van der Waals surface area contributed by atoms with Gasteiger partial charge < -0.3 is 15.2 Å². The Morgan fingerprint density at radius 2 is 1.92 bits per heavy atom. The van der Waals surface area contributed by atoms with E-state index in [4.69, 9.17) is 14.6 Å². The van der Waals surface area contributed by atoms with Crippen LogP contribution in [-0.2, 0) is 19.6 Å². The van der Waals surface area contributed by atoms with Crippen LogP contribution in [-0.4, -0.2) is 62.3 Å². The van der Waals surface area contributed by atoms with E-state index in [9.17, 15) is 21.6 Å². The number of halogens is 3. The lowest BCUT2D eigenvalue weighted by Crippen LogP contribution is -2.50. The van der Waals surface area contributed by atoms with Crippen molar-refractivity contribution in [2.45, 2.75) is 55.2 Å².